The predicted molar refractivity (Wildman–Crippen MR) is 94.8 cm³/mol. The van der Waals surface area contributed by atoms with E-state index in [9.17, 15) is 18.0 Å². The zero-order valence-corrected chi connectivity index (χ0v) is 14.7. The molecule has 1 unspecified atom stereocenters. The number of hydrogen-bond acceptors (Lipinski definition) is 5. The van der Waals surface area contributed by atoms with Gasteiger partial charge in [-0.25, -0.2) is 18.0 Å². The first-order valence-electron chi connectivity index (χ1n) is 8.43. The van der Waals surface area contributed by atoms with Crippen molar-refractivity contribution in [2.24, 2.45) is 17.4 Å². The van der Waals surface area contributed by atoms with Gasteiger partial charge in [0.15, 0.2) is 0 Å². The third-order valence-electron chi connectivity index (χ3n) is 4.22. The summed E-state index contributed by atoms with van der Waals surface area (Å²) in [5.74, 6) is -4.22. The van der Waals surface area contributed by atoms with Gasteiger partial charge >= 0.3 is 6.09 Å². The number of carbonyl (C=O) groups is 1. The first-order valence-corrected chi connectivity index (χ1v) is 8.43. The molecule has 0 aromatic heterocycles. The molecule has 1 heterocycles. The number of nitrogens with two attached hydrogens (primary N) is 2. The van der Waals surface area contributed by atoms with E-state index in [4.69, 9.17) is 16.2 Å². The molecule has 1 aromatic rings. The van der Waals surface area contributed by atoms with Gasteiger partial charge in [0.05, 0.1) is 12.4 Å². The molecule has 0 saturated carbocycles. The summed E-state index contributed by atoms with van der Waals surface area (Å²) in [4.78, 5) is 13.0. The second-order valence-corrected chi connectivity index (χ2v) is 6.24. The number of carbonyl (C=O) groups excluding carboxylic acids is 1. The molecule has 1 amide bonds. The van der Waals surface area contributed by atoms with Gasteiger partial charge < -0.3 is 26.4 Å². The molecule has 0 spiro atoms. The Morgan fingerprint density at radius 1 is 1.37 bits per heavy atom. The quantitative estimate of drug-likeness (QED) is 0.655. The Balaban J connectivity index is 1.84. The summed E-state index contributed by atoms with van der Waals surface area (Å²) in [7, 11) is 0. The molecule has 0 bridgehead atoms. The molecule has 27 heavy (non-hydrogen) atoms. The van der Waals surface area contributed by atoms with Crippen LogP contribution < -0.4 is 16.8 Å². The summed E-state index contributed by atoms with van der Waals surface area (Å²) in [6.07, 6.45) is 3.52. The van der Waals surface area contributed by atoms with Crippen molar-refractivity contribution in [3.63, 3.8) is 0 Å². The Kier molecular flexibility index (Phi) is 6.98. The largest absolute Gasteiger partial charge is 0.445 e. The van der Waals surface area contributed by atoms with E-state index < -0.39 is 30.3 Å². The van der Waals surface area contributed by atoms with Gasteiger partial charge in [0.2, 0.25) is 0 Å². The number of piperidine rings is 1. The average Bonchev–Trinajstić information content (AvgIpc) is 2.64. The van der Waals surface area contributed by atoms with Crippen molar-refractivity contribution < 1.29 is 22.7 Å². The molecule has 1 saturated heterocycles. The second-order valence-electron chi connectivity index (χ2n) is 6.24. The van der Waals surface area contributed by atoms with E-state index in [1.165, 1.54) is 42.6 Å². The minimum absolute atomic E-state index is 0.0216. The van der Waals surface area contributed by atoms with Gasteiger partial charge in [0, 0.05) is 19.0 Å². The normalized spacial score (nSPS) is 19.9. The third-order valence-corrected chi connectivity index (χ3v) is 4.22. The number of halogens is 3. The van der Waals surface area contributed by atoms with Crippen LogP contribution in [-0.2, 0) is 11.3 Å². The zero-order chi connectivity index (χ0) is 19.9. The Labute approximate surface area is 155 Å². The molecule has 2 rings (SSSR count). The maximum atomic E-state index is 14.4. The summed E-state index contributed by atoms with van der Waals surface area (Å²) in [6.45, 7) is -0.710. The first kappa shape index (κ1) is 20.5. The highest BCUT2D eigenvalue weighted by molar-refractivity contribution is 5.67. The maximum absolute atomic E-state index is 14.4. The third kappa shape index (κ3) is 6.12. The number of ether oxygens (including phenoxy) is 1. The van der Waals surface area contributed by atoms with Gasteiger partial charge in [-0.1, -0.05) is 12.1 Å². The van der Waals surface area contributed by atoms with Crippen molar-refractivity contribution in [3.05, 3.63) is 59.8 Å². The topological polar surface area (TPSA) is 93.6 Å². The number of allylic oxidation sites excluding steroid dienone is 2. The van der Waals surface area contributed by atoms with E-state index in [2.05, 4.69) is 5.32 Å². The molecule has 1 aliphatic heterocycles. The highest BCUT2D eigenvalue weighted by Gasteiger charge is 2.46. The van der Waals surface area contributed by atoms with Crippen LogP contribution in [0, 0.1) is 11.7 Å². The smallest absolute Gasteiger partial charge is 0.410 e. The minimum Gasteiger partial charge on any atom is -0.445 e. The molecule has 9 heteroatoms. The lowest BCUT2D eigenvalue weighted by molar-refractivity contribution is -0.104. The van der Waals surface area contributed by atoms with Crippen LogP contribution in [0.1, 0.15) is 12.0 Å². The van der Waals surface area contributed by atoms with Crippen molar-refractivity contribution in [1.29, 1.82) is 0 Å². The van der Waals surface area contributed by atoms with Crippen LogP contribution in [0.25, 0.3) is 0 Å². The number of nitrogens with one attached hydrogen (secondary N) is 1. The van der Waals surface area contributed by atoms with Crippen molar-refractivity contribution in [1.82, 2.24) is 10.2 Å². The Morgan fingerprint density at radius 2 is 2.07 bits per heavy atom. The molecular weight excluding hydrogens is 361 g/mol. The number of nitrogens with zero attached hydrogens (tertiary/aromatic N) is 1. The number of hydrogen-bond donors (Lipinski definition) is 3. The van der Waals surface area contributed by atoms with E-state index in [1.54, 1.807) is 0 Å². The SMILES string of the molecule is N/C=C\C=C(/N)NCC1CCN(C(=O)OCc2ccc(F)cc2)CC1(F)F. The minimum atomic E-state index is -3.08. The lowest BCUT2D eigenvalue weighted by Gasteiger charge is -2.37. The highest BCUT2D eigenvalue weighted by Crippen LogP contribution is 2.32. The Morgan fingerprint density at radius 3 is 2.70 bits per heavy atom. The monoisotopic (exact) mass is 384 g/mol. The fourth-order valence-electron chi connectivity index (χ4n) is 2.67. The van der Waals surface area contributed by atoms with Crippen molar-refractivity contribution >= 4 is 6.09 Å². The standard InChI is InChI=1S/C18H23F3N4O2/c19-15-5-3-13(4-6-15)11-27-17(26)25-9-7-14(18(20,21)12-25)10-24-16(23)2-1-8-22/h1-6,8,14,24H,7,9-12,22-23H2/b8-1-,16-2+. The van der Waals surface area contributed by atoms with Gasteiger partial charge in [0.1, 0.15) is 12.4 Å². The van der Waals surface area contributed by atoms with Crippen LogP contribution >= 0.6 is 0 Å². The molecule has 1 aromatic carbocycles. The second kappa shape index (κ2) is 9.20. The van der Waals surface area contributed by atoms with E-state index >= 15 is 0 Å². The number of alkyl halides is 2. The zero-order valence-electron chi connectivity index (χ0n) is 14.7. The molecule has 5 N–H and O–H groups in total. The van der Waals surface area contributed by atoms with Gasteiger partial charge in [-0.3, -0.25) is 0 Å². The van der Waals surface area contributed by atoms with Crippen LogP contribution in [-0.4, -0.2) is 36.5 Å². The molecule has 0 aliphatic carbocycles. The summed E-state index contributed by atoms with van der Waals surface area (Å²) < 4.78 is 46.6. The molecule has 0 radical (unpaired) electrons. The van der Waals surface area contributed by atoms with Gasteiger partial charge in [-0.15, -0.1) is 0 Å². The fourth-order valence-corrected chi connectivity index (χ4v) is 2.67. The fraction of sp³-hybridized carbons (Fsp3) is 0.389. The summed E-state index contributed by atoms with van der Waals surface area (Å²) >= 11 is 0. The van der Waals surface area contributed by atoms with E-state index in [0.29, 0.717) is 5.56 Å². The molecule has 6 nitrogen and oxygen atoms in total. The molecule has 1 fully saturated rings. The molecule has 1 aliphatic rings. The van der Waals surface area contributed by atoms with Crippen molar-refractivity contribution in [3.8, 4) is 0 Å². The molecular formula is C18H23F3N4O2. The van der Waals surface area contributed by atoms with Crippen LogP contribution in [0.2, 0.25) is 0 Å². The molecule has 1 atom stereocenters. The van der Waals surface area contributed by atoms with E-state index in [0.717, 1.165) is 4.90 Å². The number of rotatable bonds is 6. The van der Waals surface area contributed by atoms with E-state index in [-0.39, 0.29) is 31.9 Å². The van der Waals surface area contributed by atoms with Gasteiger partial charge in [0.25, 0.3) is 5.92 Å². The lowest BCUT2D eigenvalue weighted by Crippen LogP contribution is -2.53. The maximum Gasteiger partial charge on any atom is 0.410 e. The van der Waals surface area contributed by atoms with Crippen LogP contribution in [0.3, 0.4) is 0 Å². The van der Waals surface area contributed by atoms with Gasteiger partial charge in [-0.2, -0.15) is 0 Å². The summed E-state index contributed by atoms with van der Waals surface area (Å²) in [5, 5.41) is 2.72. The van der Waals surface area contributed by atoms with Crippen molar-refractivity contribution in [2.45, 2.75) is 19.0 Å². The number of benzene rings is 1. The highest BCUT2D eigenvalue weighted by atomic mass is 19.3. The Bertz CT molecular complexity index is 692. The van der Waals surface area contributed by atoms with Crippen LogP contribution in [0.4, 0.5) is 18.0 Å². The number of amides is 1. The number of likely N-dealkylation sites (tertiary alicyclic amines) is 1. The predicted octanol–water partition coefficient (Wildman–Crippen LogP) is 2.28. The summed E-state index contributed by atoms with van der Waals surface area (Å²) in [6, 6.07) is 5.40. The van der Waals surface area contributed by atoms with Gasteiger partial charge in [-0.05, 0) is 42.5 Å². The Hall–Kier alpha value is -2.84. The average molecular weight is 384 g/mol. The van der Waals surface area contributed by atoms with Crippen LogP contribution in [0.15, 0.2) is 48.4 Å². The first-order chi connectivity index (χ1) is 12.8. The summed E-state index contributed by atoms with van der Waals surface area (Å²) in [5.41, 5.74) is 11.4. The van der Waals surface area contributed by atoms with E-state index in [1.807, 2.05) is 0 Å². The van der Waals surface area contributed by atoms with Crippen LogP contribution in [0.5, 0.6) is 0 Å². The lowest BCUT2D eigenvalue weighted by atomic mass is 9.93. The molecule has 148 valence electrons. The van der Waals surface area contributed by atoms with Crippen molar-refractivity contribution in [2.75, 3.05) is 19.6 Å².